The number of hydrogen-bond acceptors (Lipinski definition) is 3. The summed E-state index contributed by atoms with van der Waals surface area (Å²) < 4.78 is 4.71. The topological polar surface area (TPSA) is 49.7 Å². The zero-order chi connectivity index (χ0) is 7.82. The van der Waals surface area contributed by atoms with Crippen molar-refractivity contribution in [3.05, 3.63) is 0 Å². The van der Waals surface area contributed by atoms with Crippen LogP contribution in [-0.2, 0) is 4.65 Å². The second-order valence-electron chi connectivity index (χ2n) is 2.28. The lowest BCUT2D eigenvalue weighted by Gasteiger charge is -2.08. The van der Waals surface area contributed by atoms with Gasteiger partial charge in [-0.05, 0) is 12.2 Å². The largest absolute Gasteiger partial charge is 0.454 e. The van der Waals surface area contributed by atoms with E-state index in [0.717, 1.165) is 12.8 Å². The Hall–Kier alpha value is 0.00987. The molecule has 0 bridgehead atoms. The summed E-state index contributed by atoms with van der Waals surface area (Å²) in [5, 5.41) is 16.9. The summed E-state index contributed by atoms with van der Waals surface area (Å²) in [5.74, 6) is 0.326. The predicted octanol–water partition coefficient (Wildman–Crippen LogP) is -0.806. The SMILES string of the molecule is CCC(BO)CCOBO. The molecule has 0 radical (unpaired) electrons. The molecule has 1 atom stereocenters. The monoisotopic (exact) mass is 144 g/mol. The summed E-state index contributed by atoms with van der Waals surface area (Å²) in [6, 6.07) is 0. The standard InChI is InChI=1S/C5H14B2O3/c1-2-5(6-8)3-4-10-7-9/h5-9H,2-4H2,1H3. The van der Waals surface area contributed by atoms with E-state index in [-0.39, 0.29) is 15.2 Å². The number of hydrogen-bond donors (Lipinski definition) is 2. The lowest BCUT2D eigenvalue weighted by molar-refractivity contribution is 0.274. The van der Waals surface area contributed by atoms with Crippen molar-refractivity contribution in [3.63, 3.8) is 0 Å². The first-order valence-electron chi connectivity index (χ1n) is 3.64. The van der Waals surface area contributed by atoms with Crippen LogP contribution in [0.2, 0.25) is 5.82 Å². The Kier molecular flexibility index (Phi) is 7.13. The van der Waals surface area contributed by atoms with Crippen LogP contribution in [0.25, 0.3) is 0 Å². The first-order chi connectivity index (χ1) is 4.85. The van der Waals surface area contributed by atoms with Gasteiger partial charge in [-0.2, -0.15) is 0 Å². The maximum absolute atomic E-state index is 8.71. The third kappa shape index (κ3) is 4.85. The summed E-state index contributed by atoms with van der Waals surface area (Å²) in [5.41, 5.74) is 0. The van der Waals surface area contributed by atoms with Crippen molar-refractivity contribution in [2.75, 3.05) is 6.61 Å². The zero-order valence-electron chi connectivity index (χ0n) is 6.42. The van der Waals surface area contributed by atoms with E-state index in [1.165, 1.54) is 0 Å². The van der Waals surface area contributed by atoms with Crippen LogP contribution in [0.5, 0.6) is 0 Å². The second kappa shape index (κ2) is 7.12. The van der Waals surface area contributed by atoms with Gasteiger partial charge in [-0.25, -0.2) is 0 Å². The van der Waals surface area contributed by atoms with E-state index in [0.29, 0.717) is 12.4 Å². The zero-order valence-corrected chi connectivity index (χ0v) is 6.42. The minimum atomic E-state index is -0.220. The molecular weight excluding hydrogens is 130 g/mol. The molecule has 0 saturated carbocycles. The van der Waals surface area contributed by atoms with Gasteiger partial charge in [0, 0.05) is 6.61 Å². The van der Waals surface area contributed by atoms with Gasteiger partial charge in [0.05, 0.1) is 0 Å². The Labute approximate surface area is 63.0 Å². The summed E-state index contributed by atoms with van der Waals surface area (Å²) in [7, 11) is -0.00679. The van der Waals surface area contributed by atoms with E-state index in [2.05, 4.69) is 0 Å². The Bertz CT molecular complexity index is 67.9. The maximum Gasteiger partial charge on any atom is 0.435 e. The Morgan fingerprint density at radius 2 is 2.20 bits per heavy atom. The molecule has 0 aliphatic rings. The second-order valence-corrected chi connectivity index (χ2v) is 2.28. The summed E-state index contributed by atoms with van der Waals surface area (Å²) in [6.45, 7) is 2.56. The van der Waals surface area contributed by atoms with E-state index in [9.17, 15) is 0 Å². The third-order valence-electron chi connectivity index (χ3n) is 1.60. The van der Waals surface area contributed by atoms with Crippen LogP contribution in [0.1, 0.15) is 19.8 Å². The molecule has 1 unspecified atom stereocenters. The van der Waals surface area contributed by atoms with Gasteiger partial charge in [-0.3, -0.25) is 0 Å². The molecule has 0 aromatic heterocycles. The van der Waals surface area contributed by atoms with Crippen LogP contribution in [0.3, 0.4) is 0 Å². The molecule has 0 aliphatic carbocycles. The minimum absolute atomic E-state index is 0.214. The molecule has 58 valence electrons. The van der Waals surface area contributed by atoms with Crippen LogP contribution in [0, 0.1) is 0 Å². The van der Waals surface area contributed by atoms with Gasteiger partial charge in [0.15, 0.2) is 0 Å². The van der Waals surface area contributed by atoms with Crippen LogP contribution in [0.4, 0.5) is 0 Å². The molecule has 0 fully saturated rings. The summed E-state index contributed by atoms with van der Waals surface area (Å²) >= 11 is 0. The fourth-order valence-electron chi connectivity index (χ4n) is 0.739. The smallest absolute Gasteiger partial charge is 0.435 e. The normalized spacial score (nSPS) is 12.7. The fourth-order valence-corrected chi connectivity index (χ4v) is 0.739. The quantitative estimate of drug-likeness (QED) is 0.378. The van der Waals surface area contributed by atoms with Gasteiger partial charge in [0.1, 0.15) is 0 Å². The molecule has 0 rings (SSSR count). The minimum Gasteiger partial charge on any atom is -0.454 e. The molecule has 3 nitrogen and oxygen atoms in total. The van der Waals surface area contributed by atoms with E-state index in [1.54, 1.807) is 0 Å². The van der Waals surface area contributed by atoms with Crippen LogP contribution in [0.15, 0.2) is 0 Å². The maximum atomic E-state index is 8.71. The predicted molar refractivity (Wildman–Crippen MR) is 43.3 cm³/mol. The Balaban J connectivity index is 3.09. The van der Waals surface area contributed by atoms with E-state index in [1.807, 2.05) is 6.92 Å². The average Bonchev–Trinajstić information content (AvgIpc) is 1.99. The molecule has 0 aliphatic heterocycles. The molecule has 10 heavy (non-hydrogen) atoms. The van der Waals surface area contributed by atoms with Gasteiger partial charge in [-0.1, -0.05) is 13.3 Å². The van der Waals surface area contributed by atoms with Crippen molar-refractivity contribution >= 4 is 15.2 Å². The fraction of sp³-hybridized carbons (Fsp3) is 1.00. The van der Waals surface area contributed by atoms with Gasteiger partial charge in [0.2, 0.25) is 0 Å². The van der Waals surface area contributed by atoms with Gasteiger partial charge in [0.25, 0.3) is 7.48 Å². The highest BCUT2D eigenvalue weighted by molar-refractivity contribution is 6.27. The molecule has 0 amide bonds. The Morgan fingerprint density at radius 3 is 2.60 bits per heavy atom. The molecule has 5 heteroatoms. The van der Waals surface area contributed by atoms with Crippen molar-refractivity contribution < 1.29 is 14.7 Å². The third-order valence-corrected chi connectivity index (χ3v) is 1.60. The van der Waals surface area contributed by atoms with Crippen LogP contribution < -0.4 is 0 Å². The average molecular weight is 144 g/mol. The van der Waals surface area contributed by atoms with Gasteiger partial charge >= 0.3 is 7.69 Å². The molecule has 0 heterocycles. The highest BCUT2D eigenvalue weighted by atomic mass is 16.5. The molecule has 0 spiro atoms. The van der Waals surface area contributed by atoms with Crippen molar-refractivity contribution in [3.8, 4) is 0 Å². The first kappa shape index (κ1) is 10.0. The van der Waals surface area contributed by atoms with Gasteiger partial charge in [-0.15, -0.1) is 0 Å². The van der Waals surface area contributed by atoms with Crippen LogP contribution >= 0.6 is 0 Å². The van der Waals surface area contributed by atoms with Crippen molar-refractivity contribution in [2.24, 2.45) is 0 Å². The van der Waals surface area contributed by atoms with E-state index >= 15 is 0 Å². The molecule has 0 aromatic carbocycles. The van der Waals surface area contributed by atoms with Gasteiger partial charge < -0.3 is 14.7 Å². The van der Waals surface area contributed by atoms with Crippen molar-refractivity contribution in [1.29, 1.82) is 0 Å². The lowest BCUT2D eigenvalue weighted by Crippen LogP contribution is -2.07. The molecule has 0 aromatic rings. The number of rotatable bonds is 6. The summed E-state index contributed by atoms with van der Waals surface area (Å²) in [6.07, 6.45) is 1.79. The lowest BCUT2D eigenvalue weighted by atomic mass is 9.76. The molecule has 0 saturated heterocycles. The summed E-state index contributed by atoms with van der Waals surface area (Å²) in [4.78, 5) is 0. The molecule has 2 N–H and O–H groups in total. The first-order valence-corrected chi connectivity index (χ1v) is 3.64. The van der Waals surface area contributed by atoms with Crippen LogP contribution in [-0.4, -0.2) is 31.8 Å². The van der Waals surface area contributed by atoms with Crippen molar-refractivity contribution in [1.82, 2.24) is 0 Å². The highest BCUT2D eigenvalue weighted by Crippen LogP contribution is 2.11. The van der Waals surface area contributed by atoms with E-state index < -0.39 is 0 Å². The van der Waals surface area contributed by atoms with Crippen molar-refractivity contribution in [2.45, 2.75) is 25.6 Å². The molecular formula is C5H14B2O3. The Morgan fingerprint density at radius 1 is 1.50 bits per heavy atom. The highest BCUT2D eigenvalue weighted by Gasteiger charge is 2.05. The van der Waals surface area contributed by atoms with E-state index in [4.69, 9.17) is 14.7 Å².